The van der Waals surface area contributed by atoms with Gasteiger partial charge in [0.05, 0.1) is 6.54 Å². The summed E-state index contributed by atoms with van der Waals surface area (Å²) in [7, 11) is 0. The molecule has 1 amide bonds. The van der Waals surface area contributed by atoms with Crippen LogP contribution in [-0.2, 0) is 4.79 Å². The molecule has 13 heavy (non-hydrogen) atoms. The molecular formula is C11H17NO. The molecule has 1 aliphatic rings. The minimum Gasteiger partial charge on any atom is -0.332 e. The van der Waals surface area contributed by atoms with Crippen molar-refractivity contribution in [1.82, 2.24) is 4.90 Å². The van der Waals surface area contributed by atoms with Crippen LogP contribution in [0.5, 0.6) is 0 Å². The molecule has 1 saturated heterocycles. The zero-order valence-corrected chi connectivity index (χ0v) is 8.25. The molecule has 0 aromatic carbocycles. The van der Waals surface area contributed by atoms with Gasteiger partial charge in [-0.15, -0.1) is 6.42 Å². The van der Waals surface area contributed by atoms with Gasteiger partial charge >= 0.3 is 0 Å². The summed E-state index contributed by atoms with van der Waals surface area (Å²) in [6.07, 6.45) is 9.21. The van der Waals surface area contributed by atoms with E-state index in [1.165, 1.54) is 6.42 Å². The van der Waals surface area contributed by atoms with Crippen molar-refractivity contribution in [2.75, 3.05) is 13.1 Å². The van der Waals surface area contributed by atoms with Gasteiger partial charge in [-0.05, 0) is 18.8 Å². The summed E-state index contributed by atoms with van der Waals surface area (Å²) in [5, 5.41) is 0. The van der Waals surface area contributed by atoms with Crippen LogP contribution in [0.2, 0.25) is 0 Å². The van der Waals surface area contributed by atoms with Gasteiger partial charge in [0.2, 0.25) is 5.91 Å². The van der Waals surface area contributed by atoms with E-state index in [0.717, 1.165) is 19.4 Å². The van der Waals surface area contributed by atoms with E-state index in [1.807, 2.05) is 0 Å². The third-order valence-electron chi connectivity index (χ3n) is 2.79. The number of likely N-dealkylation sites (tertiary alicyclic amines) is 1. The molecule has 1 rings (SSSR count). The molecule has 0 aromatic heterocycles. The Labute approximate surface area is 80.3 Å². The summed E-state index contributed by atoms with van der Waals surface area (Å²) in [5.41, 5.74) is 0. The molecule has 0 aliphatic carbocycles. The van der Waals surface area contributed by atoms with Crippen molar-refractivity contribution in [1.29, 1.82) is 0 Å². The number of rotatable bonds is 2. The first kappa shape index (κ1) is 10.1. The highest BCUT2D eigenvalue weighted by Gasteiger charge is 2.20. The molecule has 72 valence electrons. The first-order chi connectivity index (χ1) is 6.27. The molecule has 0 N–H and O–H groups in total. The molecule has 0 saturated carbocycles. The van der Waals surface area contributed by atoms with E-state index in [2.05, 4.69) is 12.8 Å². The van der Waals surface area contributed by atoms with Gasteiger partial charge in [-0.25, -0.2) is 0 Å². The normalized spacial score (nSPS) is 23.8. The van der Waals surface area contributed by atoms with Crippen molar-refractivity contribution < 1.29 is 4.79 Å². The van der Waals surface area contributed by atoms with Crippen LogP contribution >= 0.6 is 0 Å². The highest BCUT2D eigenvalue weighted by Crippen LogP contribution is 2.20. The lowest BCUT2D eigenvalue weighted by atomic mass is 9.98. The molecule has 2 heteroatoms. The summed E-state index contributed by atoms with van der Waals surface area (Å²) in [5.74, 6) is 3.48. The zero-order chi connectivity index (χ0) is 9.68. The minimum atomic E-state index is 0.230. The van der Waals surface area contributed by atoms with E-state index in [0.29, 0.717) is 18.9 Å². The fraction of sp³-hybridized carbons (Fsp3) is 0.727. The Morgan fingerprint density at radius 2 is 2.38 bits per heavy atom. The van der Waals surface area contributed by atoms with Crippen molar-refractivity contribution >= 4 is 5.91 Å². The molecule has 1 atom stereocenters. The highest BCUT2D eigenvalue weighted by atomic mass is 16.2. The number of terminal acetylenes is 1. The molecular weight excluding hydrogens is 162 g/mol. The third-order valence-corrected chi connectivity index (χ3v) is 2.79. The number of hydrogen-bond donors (Lipinski definition) is 0. The predicted octanol–water partition coefficient (Wildman–Crippen LogP) is 1.66. The Kier molecular flexibility index (Phi) is 3.82. The monoisotopic (exact) mass is 179 g/mol. The molecule has 0 aromatic rings. The van der Waals surface area contributed by atoms with Crippen LogP contribution in [-0.4, -0.2) is 23.9 Å². The molecule has 1 aliphatic heterocycles. The van der Waals surface area contributed by atoms with Crippen LogP contribution in [0.15, 0.2) is 0 Å². The van der Waals surface area contributed by atoms with E-state index in [1.54, 1.807) is 4.90 Å². The predicted molar refractivity (Wildman–Crippen MR) is 53.0 cm³/mol. The number of nitrogens with zero attached hydrogens (tertiary/aromatic N) is 1. The second-order valence-corrected chi connectivity index (χ2v) is 3.62. The number of amides is 1. The summed E-state index contributed by atoms with van der Waals surface area (Å²) >= 11 is 0. The third kappa shape index (κ3) is 2.77. The topological polar surface area (TPSA) is 20.3 Å². The van der Waals surface area contributed by atoms with Crippen molar-refractivity contribution in [2.24, 2.45) is 5.92 Å². The standard InChI is InChI=1S/C11H17NO/c1-3-8-12-9-7-10(4-2)5-6-11(12)13/h1,10H,4-9H2,2H3. The van der Waals surface area contributed by atoms with Crippen LogP contribution in [0.1, 0.15) is 32.6 Å². The first-order valence-electron chi connectivity index (χ1n) is 4.99. The van der Waals surface area contributed by atoms with Crippen LogP contribution < -0.4 is 0 Å². The molecule has 1 heterocycles. The van der Waals surface area contributed by atoms with Gasteiger partial charge in [-0.2, -0.15) is 0 Å². The van der Waals surface area contributed by atoms with Crippen LogP contribution in [0.25, 0.3) is 0 Å². The van der Waals surface area contributed by atoms with E-state index in [4.69, 9.17) is 6.42 Å². The smallest absolute Gasteiger partial charge is 0.223 e. The average Bonchev–Trinajstić information content (AvgIpc) is 2.31. The number of carbonyl (C=O) groups excluding carboxylic acids is 1. The Balaban J connectivity index is 2.50. The maximum absolute atomic E-state index is 11.5. The summed E-state index contributed by atoms with van der Waals surface area (Å²) < 4.78 is 0. The zero-order valence-electron chi connectivity index (χ0n) is 8.25. The summed E-state index contributed by atoms with van der Waals surface area (Å²) in [6.45, 7) is 3.52. The Hall–Kier alpha value is -0.970. The lowest BCUT2D eigenvalue weighted by molar-refractivity contribution is -0.130. The second kappa shape index (κ2) is 4.91. The quantitative estimate of drug-likeness (QED) is 0.590. The Bertz CT molecular complexity index is 217. The first-order valence-corrected chi connectivity index (χ1v) is 4.99. The van der Waals surface area contributed by atoms with Gasteiger partial charge < -0.3 is 4.90 Å². The number of hydrogen-bond acceptors (Lipinski definition) is 1. The van der Waals surface area contributed by atoms with E-state index in [9.17, 15) is 4.79 Å². The van der Waals surface area contributed by atoms with Crippen molar-refractivity contribution in [3.63, 3.8) is 0 Å². The van der Waals surface area contributed by atoms with Crippen LogP contribution in [0.3, 0.4) is 0 Å². The molecule has 0 bridgehead atoms. The lowest BCUT2D eigenvalue weighted by Crippen LogP contribution is -2.30. The van der Waals surface area contributed by atoms with Crippen molar-refractivity contribution in [2.45, 2.75) is 32.6 Å². The molecule has 2 nitrogen and oxygen atoms in total. The van der Waals surface area contributed by atoms with E-state index in [-0.39, 0.29) is 5.91 Å². The van der Waals surface area contributed by atoms with Gasteiger partial charge in [-0.1, -0.05) is 19.3 Å². The Morgan fingerprint density at radius 1 is 1.62 bits per heavy atom. The second-order valence-electron chi connectivity index (χ2n) is 3.62. The van der Waals surface area contributed by atoms with Gasteiger partial charge in [0.25, 0.3) is 0 Å². The van der Waals surface area contributed by atoms with Gasteiger partial charge in [-0.3, -0.25) is 4.79 Å². The van der Waals surface area contributed by atoms with E-state index >= 15 is 0 Å². The van der Waals surface area contributed by atoms with Crippen LogP contribution in [0.4, 0.5) is 0 Å². The summed E-state index contributed by atoms with van der Waals surface area (Å²) in [4.78, 5) is 13.3. The largest absolute Gasteiger partial charge is 0.332 e. The average molecular weight is 179 g/mol. The fourth-order valence-corrected chi connectivity index (χ4v) is 1.78. The highest BCUT2D eigenvalue weighted by molar-refractivity contribution is 5.76. The molecule has 0 spiro atoms. The fourth-order valence-electron chi connectivity index (χ4n) is 1.78. The van der Waals surface area contributed by atoms with Crippen molar-refractivity contribution in [3.05, 3.63) is 0 Å². The SMILES string of the molecule is C#CCN1CCC(CC)CCC1=O. The van der Waals surface area contributed by atoms with Crippen molar-refractivity contribution in [3.8, 4) is 12.3 Å². The molecule has 0 radical (unpaired) electrons. The Morgan fingerprint density at radius 3 is 3.00 bits per heavy atom. The molecule has 1 unspecified atom stereocenters. The maximum atomic E-state index is 11.5. The van der Waals surface area contributed by atoms with E-state index < -0.39 is 0 Å². The maximum Gasteiger partial charge on any atom is 0.223 e. The lowest BCUT2D eigenvalue weighted by Gasteiger charge is -2.17. The minimum absolute atomic E-state index is 0.230. The molecule has 1 fully saturated rings. The number of carbonyl (C=O) groups is 1. The van der Waals surface area contributed by atoms with Crippen LogP contribution in [0, 0.1) is 18.3 Å². The summed E-state index contributed by atoms with van der Waals surface area (Å²) in [6, 6.07) is 0. The van der Waals surface area contributed by atoms with Gasteiger partial charge in [0.15, 0.2) is 0 Å². The van der Waals surface area contributed by atoms with Gasteiger partial charge in [0.1, 0.15) is 0 Å². The van der Waals surface area contributed by atoms with Gasteiger partial charge in [0, 0.05) is 13.0 Å².